The molecule has 1 aromatic heterocycles. The second-order valence-corrected chi connectivity index (χ2v) is 3.39. The summed E-state index contributed by atoms with van der Waals surface area (Å²) in [6.45, 7) is 2.32. The van der Waals surface area contributed by atoms with E-state index in [1.165, 1.54) is 12.1 Å². The van der Waals surface area contributed by atoms with Gasteiger partial charge in [-0.2, -0.15) is 0 Å². The van der Waals surface area contributed by atoms with Gasteiger partial charge in [0.05, 0.1) is 12.0 Å². The van der Waals surface area contributed by atoms with Crippen LogP contribution in [0.5, 0.6) is 5.75 Å². The van der Waals surface area contributed by atoms with Crippen molar-refractivity contribution in [1.82, 2.24) is 0 Å². The normalized spacial score (nSPS) is 10.4. The van der Waals surface area contributed by atoms with Crippen LogP contribution in [0.3, 0.4) is 0 Å². The van der Waals surface area contributed by atoms with Gasteiger partial charge in [0.1, 0.15) is 5.75 Å². The van der Waals surface area contributed by atoms with Crippen LogP contribution in [0.25, 0.3) is 10.8 Å². The molecule has 0 aliphatic carbocycles. The number of benzene rings is 1. The molecule has 5 nitrogen and oxygen atoms in total. The summed E-state index contributed by atoms with van der Waals surface area (Å²) < 4.78 is 9.92. The van der Waals surface area contributed by atoms with Gasteiger partial charge < -0.3 is 14.3 Å². The topological polar surface area (TPSA) is 76.7 Å². The molecule has 0 radical (unpaired) electrons. The van der Waals surface area contributed by atoms with E-state index in [4.69, 9.17) is 9.84 Å². The fourth-order valence-electron chi connectivity index (χ4n) is 1.53. The van der Waals surface area contributed by atoms with E-state index in [1.54, 1.807) is 12.1 Å². The standard InChI is InChI=1S/C12H10O5/c1-2-16-8-4-3-7-5-10(11(13)14)17-12(15)9(7)6-8/h3-6H,2H2,1H3,(H,13,14). The number of aromatic carboxylic acids is 1. The van der Waals surface area contributed by atoms with Crippen molar-refractivity contribution < 1.29 is 19.1 Å². The Hall–Kier alpha value is -2.30. The summed E-state index contributed by atoms with van der Waals surface area (Å²) in [5, 5.41) is 9.57. The third kappa shape index (κ3) is 2.13. The minimum Gasteiger partial charge on any atom is -0.494 e. The van der Waals surface area contributed by atoms with Gasteiger partial charge in [0, 0.05) is 0 Å². The van der Waals surface area contributed by atoms with Crippen molar-refractivity contribution in [2.45, 2.75) is 6.92 Å². The van der Waals surface area contributed by atoms with E-state index in [0.717, 1.165) is 0 Å². The zero-order valence-electron chi connectivity index (χ0n) is 9.10. The van der Waals surface area contributed by atoms with Crippen LogP contribution in [0, 0.1) is 0 Å². The third-order valence-corrected chi connectivity index (χ3v) is 2.26. The number of carbonyl (C=O) groups is 1. The summed E-state index contributed by atoms with van der Waals surface area (Å²) in [5.74, 6) is -1.08. The molecule has 5 heteroatoms. The summed E-state index contributed by atoms with van der Waals surface area (Å²) in [5.41, 5.74) is -0.679. The third-order valence-electron chi connectivity index (χ3n) is 2.26. The highest BCUT2D eigenvalue weighted by Crippen LogP contribution is 2.19. The van der Waals surface area contributed by atoms with E-state index in [-0.39, 0.29) is 5.76 Å². The van der Waals surface area contributed by atoms with Crippen LogP contribution in [0.4, 0.5) is 0 Å². The number of hydrogen-bond donors (Lipinski definition) is 1. The zero-order valence-corrected chi connectivity index (χ0v) is 9.10. The van der Waals surface area contributed by atoms with Gasteiger partial charge in [0.15, 0.2) is 0 Å². The fraction of sp³-hybridized carbons (Fsp3) is 0.167. The van der Waals surface area contributed by atoms with Gasteiger partial charge in [0.25, 0.3) is 0 Å². The maximum absolute atomic E-state index is 11.6. The molecule has 0 unspecified atom stereocenters. The quantitative estimate of drug-likeness (QED) is 0.877. The van der Waals surface area contributed by atoms with Crippen LogP contribution in [-0.4, -0.2) is 17.7 Å². The molecule has 1 heterocycles. The average Bonchev–Trinajstić information content (AvgIpc) is 2.30. The highest BCUT2D eigenvalue weighted by molar-refractivity contribution is 5.91. The molecule has 1 aromatic carbocycles. The van der Waals surface area contributed by atoms with Gasteiger partial charge in [-0.15, -0.1) is 0 Å². The van der Waals surface area contributed by atoms with Crippen molar-refractivity contribution in [2.24, 2.45) is 0 Å². The van der Waals surface area contributed by atoms with E-state index in [0.29, 0.717) is 23.1 Å². The molecule has 2 aromatic rings. The Morgan fingerprint density at radius 2 is 2.18 bits per heavy atom. The van der Waals surface area contributed by atoms with Crippen molar-refractivity contribution in [2.75, 3.05) is 6.61 Å². The molecule has 17 heavy (non-hydrogen) atoms. The molecule has 0 bridgehead atoms. The Morgan fingerprint density at radius 3 is 2.82 bits per heavy atom. The number of hydrogen-bond acceptors (Lipinski definition) is 4. The van der Waals surface area contributed by atoms with Crippen LogP contribution in [-0.2, 0) is 0 Å². The summed E-state index contributed by atoms with van der Waals surface area (Å²) in [4.78, 5) is 22.3. The van der Waals surface area contributed by atoms with Crippen molar-refractivity contribution in [3.8, 4) is 5.75 Å². The molecule has 0 atom stereocenters. The van der Waals surface area contributed by atoms with E-state index in [2.05, 4.69) is 4.42 Å². The number of carboxylic acids is 1. The lowest BCUT2D eigenvalue weighted by Gasteiger charge is -2.04. The average molecular weight is 234 g/mol. The number of fused-ring (bicyclic) bond motifs is 1. The van der Waals surface area contributed by atoms with Crippen molar-refractivity contribution >= 4 is 16.7 Å². The molecule has 1 N–H and O–H groups in total. The molecule has 0 fully saturated rings. The van der Waals surface area contributed by atoms with Crippen LogP contribution >= 0.6 is 0 Å². The van der Waals surface area contributed by atoms with Crippen molar-refractivity contribution in [3.63, 3.8) is 0 Å². The van der Waals surface area contributed by atoms with E-state index < -0.39 is 11.6 Å². The van der Waals surface area contributed by atoms with Gasteiger partial charge >= 0.3 is 11.6 Å². The first-order valence-corrected chi connectivity index (χ1v) is 5.06. The van der Waals surface area contributed by atoms with Crippen LogP contribution in [0.1, 0.15) is 17.5 Å². The first kappa shape index (κ1) is 11.2. The van der Waals surface area contributed by atoms with Gasteiger partial charge in [0.2, 0.25) is 5.76 Å². The van der Waals surface area contributed by atoms with E-state index >= 15 is 0 Å². The molecule has 0 saturated heterocycles. The summed E-state index contributed by atoms with van der Waals surface area (Å²) in [6, 6.07) is 6.16. The lowest BCUT2D eigenvalue weighted by molar-refractivity contribution is 0.0658. The lowest BCUT2D eigenvalue weighted by Crippen LogP contribution is -2.06. The van der Waals surface area contributed by atoms with E-state index in [9.17, 15) is 9.59 Å². The summed E-state index contributed by atoms with van der Waals surface area (Å²) >= 11 is 0. The van der Waals surface area contributed by atoms with Crippen LogP contribution < -0.4 is 10.4 Å². The van der Waals surface area contributed by atoms with Gasteiger partial charge in [-0.1, -0.05) is 6.07 Å². The Balaban J connectivity index is 2.64. The molecular weight excluding hydrogens is 224 g/mol. The molecule has 0 spiro atoms. The maximum Gasteiger partial charge on any atom is 0.371 e. The molecule has 2 rings (SSSR count). The first-order valence-electron chi connectivity index (χ1n) is 5.06. The Kier molecular flexibility index (Phi) is 2.82. The van der Waals surface area contributed by atoms with Crippen molar-refractivity contribution in [3.05, 3.63) is 40.4 Å². The number of carboxylic acid groups (broad SMARTS) is 1. The van der Waals surface area contributed by atoms with E-state index in [1.807, 2.05) is 6.92 Å². The smallest absolute Gasteiger partial charge is 0.371 e. The molecule has 0 saturated carbocycles. The SMILES string of the molecule is CCOc1ccc2cc(C(=O)O)oc(=O)c2c1. The first-order chi connectivity index (χ1) is 8.11. The van der Waals surface area contributed by atoms with Crippen LogP contribution in [0.15, 0.2) is 33.5 Å². The van der Waals surface area contributed by atoms with Crippen molar-refractivity contribution in [1.29, 1.82) is 0 Å². The fourth-order valence-corrected chi connectivity index (χ4v) is 1.53. The number of rotatable bonds is 3. The minimum absolute atomic E-state index is 0.306. The molecule has 0 aliphatic heterocycles. The summed E-state index contributed by atoms with van der Waals surface area (Å²) in [6.07, 6.45) is 0. The van der Waals surface area contributed by atoms with Gasteiger partial charge in [-0.25, -0.2) is 9.59 Å². The second kappa shape index (κ2) is 4.29. The van der Waals surface area contributed by atoms with Crippen LogP contribution in [0.2, 0.25) is 0 Å². The molecule has 0 amide bonds. The second-order valence-electron chi connectivity index (χ2n) is 3.39. The molecule has 88 valence electrons. The monoisotopic (exact) mass is 234 g/mol. The predicted molar refractivity (Wildman–Crippen MR) is 60.6 cm³/mol. The predicted octanol–water partition coefficient (Wildman–Crippen LogP) is 1.89. The lowest BCUT2D eigenvalue weighted by atomic mass is 10.1. The maximum atomic E-state index is 11.6. The molecule has 0 aliphatic rings. The number of ether oxygens (including phenoxy) is 1. The highest BCUT2D eigenvalue weighted by Gasteiger charge is 2.10. The van der Waals surface area contributed by atoms with Gasteiger partial charge in [-0.05, 0) is 30.5 Å². The highest BCUT2D eigenvalue weighted by atomic mass is 16.5. The van der Waals surface area contributed by atoms with Gasteiger partial charge in [-0.3, -0.25) is 0 Å². The zero-order chi connectivity index (χ0) is 12.4. The minimum atomic E-state index is -1.27. The largest absolute Gasteiger partial charge is 0.494 e. The molecular formula is C12H10O5. The summed E-state index contributed by atoms with van der Waals surface area (Å²) in [7, 11) is 0. The Labute approximate surface area is 96.2 Å². The Morgan fingerprint density at radius 1 is 1.41 bits per heavy atom. The Bertz CT molecular complexity index is 626.